The molecule has 0 aliphatic heterocycles. The van der Waals surface area contributed by atoms with E-state index in [4.69, 9.17) is 4.42 Å². The molecule has 19 heavy (non-hydrogen) atoms. The predicted molar refractivity (Wildman–Crippen MR) is 71.0 cm³/mol. The fourth-order valence-electron chi connectivity index (χ4n) is 2.09. The first kappa shape index (κ1) is 11.7. The van der Waals surface area contributed by atoms with E-state index >= 15 is 0 Å². The average molecular weight is 257 g/mol. The summed E-state index contributed by atoms with van der Waals surface area (Å²) in [5.41, 5.74) is 2.06. The second-order valence-corrected chi connectivity index (χ2v) is 4.37. The first-order valence-electron chi connectivity index (χ1n) is 6.21. The third-order valence-corrected chi connectivity index (χ3v) is 3.02. The molecule has 0 saturated carbocycles. The third-order valence-electron chi connectivity index (χ3n) is 3.02. The van der Waals surface area contributed by atoms with Crippen LogP contribution in [0.5, 0.6) is 0 Å². The molecule has 0 bridgehead atoms. The monoisotopic (exact) mass is 257 g/mol. The molecule has 3 rings (SSSR count). The number of hydrogen-bond acceptors (Lipinski definition) is 5. The fraction of sp³-hybridized carbons (Fsp3) is 0.308. The molecular weight excluding hydrogens is 242 g/mol. The summed E-state index contributed by atoms with van der Waals surface area (Å²) >= 11 is 0. The summed E-state index contributed by atoms with van der Waals surface area (Å²) in [6.07, 6.45) is 4.97. The molecule has 0 spiro atoms. The van der Waals surface area contributed by atoms with E-state index in [1.807, 2.05) is 19.1 Å². The predicted octanol–water partition coefficient (Wildman–Crippen LogP) is 2.05. The van der Waals surface area contributed by atoms with Crippen LogP contribution < -0.4 is 4.90 Å². The molecule has 0 amide bonds. The zero-order chi connectivity index (χ0) is 13.2. The van der Waals surface area contributed by atoms with Gasteiger partial charge in [0.25, 0.3) is 5.78 Å². The van der Waals surface area contributed by atoms with Crippen LogP contribution in [0.4, 0.5) is 5.82 Å². The Labute approximate surface area is 110 Å². The Bertz CT molecular complexity index is 673. The summed E-state index contributed by atoms with van der Waals surface area (Å²) in [5.74, 6) is 1.62. The molecule has 3 aromatic heterocycles. The first-order chi connectivity index (χ1) is 9.28. The van der Waals surface area contributed by atoms with Crippen LogP contribution in [0.25, 0.3) is 5.78 Å². The fourth-order valence-corrected chi connectivity index (χ4v) is 2.09. The summed E-state index contributed by atoms with van der Waals surface area (Å²) in [5, 5.41) is 4.24. The Kier molecular flexibility index (Phi) is 2.91. The molecule has 98 valence electrons. The summed E-state index contributed by atoms with van der Waals surface area (Å²) in [4.78, 5) is 10.7. The van der Waals surface area contributed by atoms with Crippen LogP contribution in [0, 0.1) is 6.92 Å². The van der Waals surface area contributed by atoms with Crippen LogP contribution in [-0.2, 0) is 6.54 Å². The zero-order valence-electron chi connectivity index (χ0n) is 10.9. The van der Waals surface area contributed by atoms with E-state index in [2.05, 4.69) is 26.9 Å². The topological polar surface area (TPSA) is 59.5 Å². The number of hydrogen-bond donors (Lipinski definition) is 0. The first-order valence-corrected chi connectivity index (χ1v) is 6.21. The summed E-state index contributed by atoms with van der Waals surface area (Å²) < 4.78 is 6.88. The molecule has 0 aliphatic carbocycles. The standard InChI is InChI=1S/C13H15N5O/c1-3-17(7-11-4-5-19-8-11)12-6-10(2)16-13-14-9-15-18(12)13/h4-6,8-9H,3,7H2,1-2H3. The highest BCUT2D eigenvalue weighted by molar-refractivity contribution is 5.47. The number of fused-ring (bicyclic) bond motifs is 1. The summed E-state index contributed by atoms with van der Waals surface area (Å²) in [6.45, 7) is 5.71. The van der Waals surface area contributed by atoms with Crippen molar-refractivity contribution in [3.63, 3.8) is 0 Å². The van der Waals surface area contributed by atoms with Gasteiger partial charge < -0.3 is 9.32 Å². The molecule has 0 atom stereocenters. The molecule has 6 nitrogen and oxygen atoms in total. The van der Waals surface area contributed by atoms with E-state index in [0.29, 0.717) is 5.78 Å². The van der Waals surface area contributed by atoms with Crippen molar-refractivity contribution in [1.82, 2.24) is 19.6 Å². The van der Waals surface area contributed by atoms with Gasteiger partial charge in [-0.2, -0.15) is 14.6 Å². The van der Waals surface area contributed by atoms with Crippen LogP contribution in [0.1, 0.15) is 18.2 Å². The highest BCUT2D eigenvalue weighted by Crippen LogP contribution is 2.18. The van der Waals surface area contributed by atoms with Crippen molar-refractivity contribution in [1.29, 1.82) is 0 Å². The zero-order valence-corrected chi connectivity index (χ0v) is 10.9. The smallest absolute Gasteiger partial charge is 0.254 e. The van der Waals surface area contributed by atoms with Gasteiger partial charge in [-0.3, -0.25) is 0 Å². The second-order valence-electron chi connectivity index (χ2n) is 4.37. The Morgan fingerprint density at radius 2 is 2.32 bits per heavy atom. The van der Waals surface area contributed by atoms with Crippen molar-refractivity contribution in [3.8, 4) is 0 Å². The minimum atomic E-state index is 0.626. The van der Waals surface area contributed by atoms with Crippen LogP contribution in [0.15, 0.2) is 35.4 Å². The Balaban J connectivity index is 2.03. The molecule has 0 unspecified atom stereocenters. The molecule has 0 aliphatic rings. The molecule has 0 aromatic carbocycles. The molecule has 0 fully saturated rings. The molecule has 0 N–H and O–H groups in total. The minimum absolute atomic E-state index is 0.626. The van der Waals surface area contributed by atoms with Gasteiger partial charge in [0.15, 0.2) is 0 Å². The maximum Gasteiger partial charge on any atom is 0.254 e. The summed E-state index contributed by atoms with van der Waals surface area (Å²) in [7, 11) is 0. The quantitative estimate of drug-likeness (QED) is 0.716. The van der Waals surface area contributed by atoms with Gasteiger partial charge in [0.2, 0.25) is 0 Å². The number of aromatic nitrogens is 4. The lowest BCUT2D eigenvalue weighted by Gasteiger charge is -2.22. The van der Waals surface area contributed by atoms with Gasteiger partial charge >= 0.3 is 0 Å². The van der Waals surface area contributed by atoms with Crippen molar-refractivity contribution in [2.75, 3.05) is 11.4 Å². The molecular formula is C13H15N5O. The number of rotatable bonds is 4. The van der Waals surface area contributed by atoms with Crippen molar-refractivity contribution < 1.29 is 4.42 Å². The normalized spacial score (nSPS) is 11.1. The maximum absolute atomic E-state index is 5.12. The molecule has 0 radical (unpaired) electrons. The van der Waals surface area contributed by atoms with Gasteiger partial charge in [-0.1, -0.05) is 0 Å². The Morgan fingerprint density at radius 1 is 1.42 bits per heavy atom. The second kappa shape index (κ2) is 4.72. The van der Waals surface area contributed by atoms with E-state index in [-0.39, 0.29) is 0 Å². The lowest BCUT2D eigenvalue weighted by molar-refractivity contribution is 0.563. The Morgan fingerprint density at radius 3 is 3.05 bits per heavy atom. The van der Waals surface area contributed by atoms with Crippen LogP contribution in [0.3, 0.4) is 0 Å². The van der Waals surface area contributed by atoms with Crippen LogP contribution in [0.2, 0.25) is 0 Å². The van der Waals surface area contributed by atoms with E-state index in [0.717, 1.165) is 30.2 Å². The number of furan rings is 1. The number of aryl methyl sites for hydroxylation is 1. The van der Waals surface area contributed by atoms with Gasteiger partial charge in [0, 0.05) is 30.4 Å². The number of nitrogens with zero attached hydrogens (tertiary/aromatic N) is 5. The summed E-state index contributed by atoms with van der Waals surface area (Å²) in [6, 6.07) is 3.99. The highest BCUT2D eigenvalue weighted by Gasteiger charge is 2.12. The van der Waals surface area contributed by atoms with Gasteiger partial charge in [-0.25, -0.2) is 4.98 Å². The highest BCUT2D eigenvalue weighted by atomic mass is 16.3. The maximum atomic E-state index is 5.12. The van der Waals surface area contributed by atoms with Crippen molar-refractivity contribution in [3.05, 3.63) is 42.2 Å². The van der Waals surface area contributed by atoms with Crippen molar-refractivity contribution in [2.24, 2.45) is 0 Å². The largest absolute Gasteiger partial charge is 0.472 e. The molecule has 0 saturated heterocycles. The van der Waals surface area contributed by atoms with Crippen LogP contribution in [-0.4, -0.2) is 26.1 Å². The SMILES string of the molecule is CCN(Cc1ccoc1)c1cc(C)nc2ncnn12. The number of anilines is 1. The average Bonchev–Trinajstić information content (AvgIpc) is 3.05. The minimum Gasteiger partial charge on any atom is -0.472 e. The molecule has 3 heterocycles. The molecule has 3 aromatic rings. The Hall–Kier alpha value is -2.37. The van der Waals surface area contributed by atoms with Gasteiger partial charge in [-0.15, -0.1) is 0 Å². The van der Waals surface area contributed by atoms with Crippen molar-refractivity contribution >= 4 is 11.6 Å². The van der Waals surface area contributed by atoms with Gasteiger partial charge in [0.05, 0.1) is 12.5 Å². The van der Waals surface area contributed by atoms with Crippen LogP contribution >= 0.6 is 0 Å². The van der Waals surface area contributed by atoms with Gasteiger partial charge in [0.1, 0.15) is 12.1 Å². The van der Waals surface area contributed by atoms with E-state index in [1.54, 1.807) is 17.0 Å². The van der Waals surface area contributed by atoms with Crippen molar-refractivity contribution in [2.45, 2.75) is 20.4 Å². The molecule has 6 heteroatoms. The lowest BCUT2D eigenvalue weighted by Crippen LogP contribution is -2.24. The third kappa shape index (κ3) is 2.16. The lowest BCUT2D eigenvalue weighted by atomic mass is 10.3. The van der Waals surface area contributed by atoms with E-state index < -0.39 is 0 Å². The van der Waals surface area contributed by atoms with Gasteiger partial charge in [-0.05, 0) is 19.9 Å². The van der Waals surface area contributed by atoms with E-state index in [9.17, 15) is 0 Å². The van der Waals surface area contributed by atoms with E-state index in [1.165, 1.54) is 6.33 Å².